The summed E-state index contributed by atoms with van der Waals surface area (Å²) in [6.45, 7) is 3.77. The predicted molar refractivity (Wildman–Crippen MR) is 92.9 cm³/mol. The third-order valence-corrected chi connectivity index (χ3v) is 7.66. The molecule has 2 aromatic rings. The van der Waals surface area contributed by atoms with E-state index in [-0.39, 0.29) is 5.78 Å². The van der Waals surface area contributed by atoms with Crippen molar-refractivity contribution >= 4 is 33.1 Å². The largest absolute Gasteiger partial charge is 0.382 e. The fourth-order valence-corrected chi connectivity index (χ4v) is 5.60. The molecule has 0 saturated carbocycles. The summed E-state index contributed by atoms with van der Waals surface area (Å²) in [5.41, 5.74) is 2.48. The molecule has 0 amide bonds. The number of aryl methyl sites for hydroxylation is 1. The second kappa shape index (κ2) is 6.02. The molecule has 1 N–H and O–H groups in total. The number of hydrogen-bond donors (Lipinski definition) is 1. The standard InChI is InChI=1S/C17H17NO3S2/c1-11-3-6-14(7-4-11)23(20,21)17-10-18-15-8-5-13(12(2)19)9-16(15)22-17/h3-9,17-18H,10H2,1-2H3. The number of thioether (sulfide) groups is 1. The van der Waals surface area contributed by atoms with Gasteiger partial charge in [-0.05, 0) is 44.2 Å². The Hall–Kier alpha value is -1.79. The van der Waals surface area contributed by atoms with Gasteiger partial charge in [0.1, 0.15) is 4.58 Å². The Morgan fingerprint density at radius 1 is 1.17 bits per heavy atom. The molecule has 0 spiro atoms. The number of rotatable bonds is 3. The number of Topliss-reactive ketones (excluding diaryl/α,β-unsaturated/α-hetero) is 1. The van der Waals surface area contributed by atoms with E-state index in [1.165, 1.54) is 18.7 Å². The highest BCUT2D eigenvalue weighted by Crippen LogP contribution is 2.39. The Morgan fingerprint density at radius 2 is 1.87 bits per heavy atom. The van der Waals surface area contributed by atoms with Gasteiger partial charge in [0.05, 0.1) is 4.90 Å². The maximum Gasteiger partial charge on any atom is 0.192 e. The van der Waals surface area contributed by atoms with Crippen molar-refractivity contribution in [2.75, 3.05) is 11.9 Å². The van der Waals surface area contributed by atoms with E-state index < -0.39 is 14.4 Å². The predicted octanol–water partition coefficient (Wildman–Crippen LogP) is 3.52. The zero-order valence-electron chi connectivity index (χ0n) is 12.9. The Bertz CT molecular complexity index is 858. The second-order valence-corrected chi connectivity index (χ2v) is 9.23. The zero-order valence-corrected chi connectivity index (χ0v) is 14.5. The van der Waals surface area contributed by atoms with E-state index >= 15 is 0 Å². The first-order valence-corrected chi connectivity index (χ1v) is 9.66. The molecule has 3 rings (SSSR count). The molecule has 0 aliphatic carbocycles. The molecule has 1 heterocycles. The summed E-state index contributed by atoms with van der Waals surface area (Å²) in [7, 11) is -3.44. The van der Waals surface area contributed by atoms with Crippen molar-refractivity contribution in [3.63, 3.8) is 0 Å². The lowest BCUT2D eigenvalue weighted by molar-refractivity contribution is 0.101. The molecule has 120 valence electrons. The van der Waals surface area contributed by atoms with Crippen molar-refractivity contribution in [2.45, 2.75) is 28.2 Å². The van der Waals surface area contributed by atoms with Gasteiger partial charge < -0.3 is 5.32 Å². The van der Waals surface area contributed by atoms with Crippen LogP contribution in [0, 0.1) is 6.92 Å². The van der Waals surface area contributed by atoms with E-state index in [4.69, 9.17) is 0 Å². The molecule has 0 bridgehead atoms. The average molecular weight is 347 g/mol. The minimum atomic E-state index is -3.44. The molecule has 0 saturated heterocycles. The minimum Gasteiger partial charge on any atom is -0.382 e. The van der Waals surface area contributed by atoms with Gasteiger partial charge in [0.25, 0.3) is 0 Å². The molecular weight excluding hydrogens is 330 g/mol. The molecule has 6 heteroatoms. The summed E-state index contributed by atoms with van der Waals surface area (Å²) in [5, 5.41) is 3.15. The number of ketones is 1. The van der Waals surface area contributed by atoms with E-state index in [0.29, 0.717) is 17.0 Å². The normalized spacial score (nSPS) is 17.2. The average Bonchev–Trinajstić information content (AvgIpc) is 2.54. The summed E-state index contributed by atoms with van der Waals surface area (Å²) in [6.07, 6.45) is 0. The summed E-state index contributed by atoms with van der Waals surface area (Å²) in [6, 6.07) is 12.2. The molecule has 1 aliphatic rings. The van der Waals surface area contributed by atoms with Gasteiger partial charge in [0.2, 0.25) is 0 Å². The highest BCUT2D eigenvalue weighted by atomic mass is 32.3. The van der Waals surface area contributed by atoms with Crippen LogP contribution in [0.4, 0.5) is 5.69 Å². The monoisotopic (exact) mass is 347 g/mol. The lowest BCUT2D eigenvalue weighted by Crippen LogP contribution is -2.29. The topological polar surface area (TPSA) is 63.2 Å². The maximum atomic E-state index is 12.8. The molecule has 0 aromatic heterocycles. The SMILES string of the molecule is CC(=O)c1ccc2c(c1)SC(S(=O)(=O)c1ccc(C)cc1)CN2. The quantitative estimate of drug-likeness (QED) is 0.861. The summed E-state index contributed by atoms with van der Waals surface area (Å²) >= 11 is 1.29. The van der Waals surface area contributed by atoms with Crippen molar-refractivity contribution in [3.8, 4) is 0 Å². The highest BCUT2D eigenvalue weighted by Gasteiger charge is 2.32. The van der Waals surface area contributed by atoms with Crippen molar-refractivity contribution in [3.05, 3.63) is 53.6 Å². The van der Waals surface area contributed by atoms with Crippen LogP contribution in [0.25, 0.3) is 0 Å². The van der Waals surface area contributed by atoms with E-state index in [2.05, 4.69) is 5.32 Å². The third kappa shape index (κ3) is 3.14. The lowest BCUT2D eigenvalue weighted by Gasteiger charge is -2.26. The van der Waals surface area contributed by atoms with Crippen LogP contribution >= 0.6 is 11.8 Å². The number of nitrogens with one attached hydrogen (secondary N) is 1. The second-order valence-electron chi connectivity index (χ2n) is 5.55. The van der Waals surface area contributed by atoms with Crippen LogP contribution in [0.5, 0.6) is 0 Å². The van der Waals surface area contributed by atoms with Crippen LogP contribution in [0.3, 0.4) is 0 Å². The number of carbonyl (C=O) groups excluding carboxylic acids is 1. The lowest BCUT2D eigenvalue weighted by atomic mass is 10.1. The summed E-state index contributed by atoms with van der Waals surface area (Å²) in [5.74, 6) is -0.0306. The number of sulfone groups is 1. The first-order valence-electron chi connectivity index (χ1n) is 7.24. The van der Waals surface area contributed by atoms with E-state index in [1.807, 2.05) is 13.0 Å². The number of anilines is 1. The number of hydrogen-bond acceptors (Lipinski definition) is 5. The number of fused-ring (bicyclic) bond motifs is 1. The smallest absolute Gasteiger partial charge is 0.192 e. The van der Waals surface area contributed by atoms with E-state index in [1.54, 1.807) is 36.4 Å². The molecule has 2 aromatic carbocycles. The van der Waals surface area contributed by atoms with Crippen LogP contribution in [-0.2, 0) is 9.84 Å². The maximum absolute atomic E-state index is 12.8. The van der Waals surface area contributed by atoms with Crippen LogP contribution in [-0.4, -0.2) is 25.3 Å². The first-order chi connectivity index (χ1) is 10.9. The van der Waals surface area contributed by atoms with Crippen LogP contribution < -0.4 is 5.32 Å². The fourth-order valence-electron chi connectivity index (χ4n) is 2.41. The fraction of sp³-hybridized carbons (Fsp3) is 0.235. The Morgan fingerprint density at radius 3 is 2.52 bits per heavy atom. The first kappa shape index (κ1) is 16.1. The van der Waals surface area contributed by atoms with Crippen molar-refractivity contribution in [2.24, 2.45) is 0 Å². The molecular formula is C17H17NO3S2. The number of benzene rings is 2. The van der Waals surface area contributed by atoms with E-state index in [0.717, 1.165) is 16.1 Å². The van der Waals surface area contributed by atoms with Gasteiger partial charge >= 0.3 is 0 Å². The van der Waals surface area contributed by atoms with Gasteiger partial charge in [-0.2, -0.15) is 0 Å². The molecule has 4 nitrogen and oxygen atoms in total. The van der Waals surface area contributed by atoms with Gasteiger partial charge in [0, 0.05) is 22.7 Å². The van der Waals surface area contributed by atoms with Crippen molar-refractivity contribution in [1.29, 1.82) is 0 Å². The summed E-state index contributed by atoms with van der Waals surface area (Å²) < 4.78 is 25.0. The highest BCUT2D eigenvalue weighted by molar-refractivity contribution is 8.13. The molecule has 23 heavy (non-hydrogen) atoms. The van der Waals surface area contributed by atoms with Crippen molar-refractivity contribution < 1.29 is 13.2 Å². The van der Waals surface area contributed by atoms with Crippen molar-refractivity contribution in [1.82, 2.24) is 0 Å². The number of carbonyl (C=O) groups is 1. The van der Waals surface area contributed by atoms with Gasteiger partial charge in [-0.3, -0.25) is 4.79 Å². The van der Waals surface area contributed by atoms with Crippen LogP contribution in [0.15, 0.2) is 52.3 Å². The Kier molecular flexibility index (Phi) is 4.21. The molecule has 0 fully saturated rings. The summed E-state index contributed by atoms with van der Waals surface area (Å²) in [4.78, 5) is 12.6. The Balaban J connectivity index is 1.93. The third-order valence-electron chi connectivity index (χ3n) is 3.80. The van der Waals surface area contributed by atoms with Gasteiger partial charge in [-0.15, -0.1) is 11.8 Å². The van der Waals surface area contributed by atoms with Gasteiger partial charge in [-0.1, -0.05) is 17.7 Å². The van der Waals surface area contributed by atoms with E-state index in [9.17, 15) is 13.2 Å². The molecule has 1 aliphatic heterocycles. The molecule has 1 unspecified atom stereocenters. The molecule has 1 atom stereocenters. The van der Waals surface area contributed by atoms with Gasteiger partial charge in [0.15, 0.2) is 15.6 Å². The minimum absolute atomic E-state index is 0.0306. The zero-order chi connectivity index (χ0) is 16.6. The van der Waals surface area contributed by atoms with Gasteiger partial charge in [-0.25, -0.2) is 8.42 Å². The Labute approximate surface area is 140 Å². The van der Waals surface area contributed by atoms with Crippen LogP contribution in [0.2, 0.25) is 0 Å². The molecule has 0 radical (unpaired) electrons. The van der Waals surface area contributed by atoms with Crippen LogP contribution in [0.1, 0.15) is 22.8 Å².